The summed E-state index contributed by atoms with van der Waals surface area (Å²) in [6.45, 7) is 1.91. The molecule has 0 aliphatic rings. The lowest BCUT2D eigenvalue weighted by molar-refractivity contribution is 0.0938. The molecule has 2 rings (SSSR count). The van der Waals surface area contributed by atoms with Crippen LogP contribution in [-0.4, -0.2) is 10.9 Å². The summed E-state index contributed by atoms with van der Waals surface area (Å²) in [5, 5.41) is 3.57. The summed E-state index contributed by atoms with van der Waals surface area (Å²) in [5.41, 5.74) is 1.47. The van der Waals surface area contributed by atoms with Gasteiger partial charge in [0, 0.05) is 11.2 Å². The quantitative estimate of drug-likeness (QED) is 0.859. The Morgan fingerprint density at radius 3 is 2.84 bits per heavy atom. The second kappa shape index (κ2) is 6.17. The maximum Gasteiger partial charge on any atom is 0.254 e. The fraction of sp³-hybridized carbons (Fsp3) is 0.143. The normalized spacial score (nSPS) is 11.9. The van der Waals surface area contributed by atoms with Gasteiger partial charge in [-0.15, -0.1) is 0 Å². The zero-order valence-corrected chi connectivity index (χ0v) is 12.6. The minimum absolute atomic E-state index is 0.127. The van der Waals surface area contributed by atoms with Gasteiger partial charge in [-0.3, -0.25) is 4.79 Å². The molecule has 5 heteroatoms. The highest BCUT2D eigenvalue weighted by Gasteiger charge is 2.14. The standard InChI is InChI=1S/C14H12BrClN2O/c1-9(10-4-2-5-11(16)8-10)18-14(19)12-6-3-7-17-13(12)15/h2-9H,1H3,(H,18,19). The highest BCUT2D eigenvalue weighted by Crippen LogP contribution is 2.19. The molecule has 0 aliphatic heterocycles. The molecule has 0 radical (unpaired) electrons. The van der Waals surface area contributed by atoms with Crippen LogP contribution in [0.3, 0.4) is 0 Å². The van der Waals surface area contributed by atoms with Gasteiger partial charge in [-0.1, -0.05) is 23.7 Å². The van der Waals surface area contributed by atoms with E-state index in [1.165, 1.54) is 0 Å². The smallest absolute Gasteiger partial charge is 0.254 e. The van der Waals surface area contributed by atoms with Gasteiger partial charge in [0.25, 0.3) is 5.91 Å². The summed E-state index contributed by atoms with van der Waals surface area (Å²) >= 11 is 9.20. The second-order valence-corrected chi connectivity index (χ2v) is 5.28. The van der Waals surface area contributed by atoms with Crippen molar-refractivity contribution in [2.24, 2.45) is 0 Å². The van der Waals surface area contributed by atoms with Crippen LogP contribution in [0.5, 0.6) is 0 Å². The van der Waals surface area contributed by atoms with Crippen molar-refractivity contribution in [3.05, 3.63) is 63.3 Å². The Balaban J connectivity index is 2.13. The number of nitrogens with zero attached hydrogens (tertiary/aromatic N) is 1. The van der Waals surface area contributed by atoms with Crippen LogP contribution in [-0.2, 0) is 0 Å². The van der Waals surface area contributed by atoms with Gasteiger partial charge in [0.1, 0.15) is 4.60 Å². The van der Waals surface area contributed by atoms with E-state index in [0.717, 1.165) is 5.56 Å². The number of carbonyl (C=O) groups excluding carboxylic acids is 1. The SMILES string of the molecule is CC(NC(=O)c1cccnc1Br)c1cccc(Cl)c1. The maximum absolute atomic E-state index is 12.1. The molecule has 1 atom stereocenters. The van der Waals surface area contributed by atoms with E-state index in [-0.39, 0.29) is 11.9 Å². The van der Waals surface area contributed by atoms with Crippen LogP contribution in [0, 0.1) is 0 Å². The van der Waals surface area contributed by atoms with E-state index in [4.69, 9.17) is 11.6 Å². The zero-order chi connectivity index (χ0) is 13.8. The predicted octanol–water partition coefficient (Wildman–Crippen LogP) is 3.99. The summed E-state index contributed by atoms with van der Waals surface area (Å²) < 4.78 is 0.533. The molecular formula is C14H12BrClN2O. The first-order valence-electron chi connectivity index (χ1n) is 5.75. The van der Waals surface area contributed by atoms with E-state index >= 15 is 0 Å². The first-order valence-corrected chi connectivity index (χ1v) is 6.92. The minimum Gasteiger partial charge on any atom is -0.345 e. The summed E-state index contributed by atoms with van der Waals surface area (Å²) in [5.74, 6) is -0.174. The third-order valence-electron chi connectivity index (χ3n) is 2.70. The molecule has 0 saturated heterocycles. The van der Waals surface area contributed by atoms with Gasteiger partial charge in [0.2, 0.25) is 0 Å². The molecule has 1 N–H and O–H groups in total. The summed E-state index contributed by atoms with van der Waals surface area (Å²) in [6, 6.07) is 10.7. The monoisotopic (exact) mass is 338 g/mol. The van der Waals surface area contributed by atoms with Crippen LogP contribution >= 0.6 is 27.5 Å². The Morgan fingerprint density at radius 2 is 2.16 bits per heavy atom. The Kier molecular flexibility index (Phi) is 4.56. The number of hydrogen-bond acceptors (Lipinski definition) is 2. The lowest BCUT2D eigenvalue weighted by Crippen LogP contribution is -2.27. The topological polar surface area (TPSA) is 42.0 Å². The molecule has 98 valence electrons. The molecule has 1 aromatic heterocycles. The number of nitrogens with one attached hydrogen (secondary N) is 1. The largest absolute Gasteiger partial charge is 0.345 e. The van der Waals surface area contributed by atoms with Gasteiger partial charge >= 0.3 is 0 Å². The van der Waals surface area contributed by atoms with E-state index in [9.17, 15) is 4.79 Å². The summed E-state index contributed by atoms with van der Waals surface area (Å²) in [7, 11) is 0. The van der Waals surface area contributed by atoms with Crippen molar-refractivity contribution >= 4 is 33.4 Å². The van der Waals surface area contributed by atoms with Crippen molar-refractivity contribution in [2.75, 3.05) is 0 Å². The van der Waals surface area contributed by atoms with Crippen LogP contribution < -0.4 is 5.32 Å². The fourth-order valence-electron chi connectivity index (χ4n) is 1.69. The number of rotatable bonds is 3. The van der Waals surface area contributed by atoms with Gasteiger partial charge in [0.15, 0.2) is 0 Å². The molecule has 19 heavy (non-hydrogen) atoms. The molecule has 0 saturated carbocycles. The van der Waals surface area contributed by atoms with E-state index in [1.54, 1.807) is 24.4 Å². The average Bonchev–Trinajstić information content (AvgIpc) is 2.39. The van der Waals surface area contributed by atoms with Crippen molar-refractivity contribution < 1.29 is 4.79 Å². The predicted molar refractivity (Wildman–Crippen MR) is 79.3 cm³/mol. The lowest BCUT2D eigenvalue weighted by atomic mass is 10.1. The lowest BCUT2D eigenvalue weighted by Gasteiger charge is -2.15. The number of pyridine rings is 1. The van der Waals surface area contributed by atoms with Crippen LogP contribution in [0.4, 0.5) is 0 Å². The molecular weight excluding hydrogens is 328 g/mol. The molecule has 1 unspecified atom stereocenters. The number of aromatic nitrogens is 1. The van der Waals surface area contributed by atoms with Gasteiger partial charge < -0.3 is 5.32 Å². The third-order valence-corrected chi connectivity index (χ3v) is 3.57. The summed E-state index contributed by atoms with van der Waals surface area (Å²) in [6.07, 6.45) is 1.63. The molecule has 1 aromatic carbocycles. The molecule has 1 heterocycles. The van der Waals surface area contributed by atoms with Gasteiger partial charge in [-0.25, -0.2) is 4.98 Å². The molecule has 0 aliphatic carbocycles. The number of halogens is 2. The van der Waals surface area contributed by atoms with Crippen molar-refractivity contribution in [2.45, 2.75) is 13.0 Å². The number of carbonyl (C=O) groups is 1. The minimum atomic E-state index is -0.174. The number of amides is 1. The second-order valence-electron chi connectivity index (χ2n) is 4.09. The molecule has 0 fully saturated rings. The Labute approximate surface area is 125 Å². The van der Waals surface area contributed by atoms with Gasteiger partial charge in [-0.2, -0.15) is 0 Å². The molecule has 1 amide bonds. The Morgan fingerprint density at radius 1 is 1.37 bits per heavy atom. The highest BCUT2D eigenvalue weighted by atomic mass is 79.9. The highest BCUT2D eigenvalue weighted by molar-refractivity contribution is 9.10. The van der Waals surface area contributed by atoms with Gasteiger partial charge in [-0.05, 0) is 52.7 Å². The number of hydrogen-bond donors (Lipinski definition) is 1. The average molecular weight is 340 g/mol. The molecule has 2 aromatic rings. The third kappa shape index (κ3) is 3.55. The van der Waals surface area contributed by atoms with E-state index in [1.807, 2.05) is 25.1 Å². The van der Waals surface area contributed by atoms with Crippen molar-refractivity contribution in [1.29, 1.82) is 0 Å². The molecule has 0 spiro atoms. The van der Waals surface area contributed by atoms with Gasteiger partial charge in [0.05, 0.1) is 11.6 Å². The summed E-state index contributed by atoms with van der Waals surface area (Å²) in [4.78, 5) is 16.1. The van der Waals surface area contributed by atoms with Crippen molar-refractivity contribution in [1.82, 2.24) is 10.3 Å². The van der Waals surface area contributed by atoms with Crippen LogP contribution in [0.2, 0.25) is 5.02 Å². The maximum atomic E-state index is 12.1. The van der Waals surface area contributed by atoms with E-state index < -0.39 is 0 Å². The number of benzene rings is 1. The Bertz CT molecular complexity index is 604. The van der Waals surface area contributed by atoms with Crippen LogP contribution in [0.15, 0.2) is 47.2 Å². The van der Waals surface area contributed by atoms with Crippen molar-refractivity contribution in [3.63, 3.8) is 0 Å². The zero-order valence-electron chi connectivity index (χ0n) is 10.2. The van der Waals surface area contributed by atoms with Crippen LogP contribution in [0.25, 0.3) is 0 Å². The first-order chi connectivity index (χ1) is 9.08. The first kappa shape index (κ1) is 14.0. The molecule has 3 nitrogen and oxygen atoms in total. The molecule has 0 bridgehead atoms. The Hall–Kier alpha value is -1.39. The van der Waals surface area contributed by atoms with Crippen molar-refractivity contribution in [3.8, 4) is 0 Å². The van der Waals surface area contributed by atoms with E-state index in [0.29, 0.717) is 15.2 Å². The van der Waals surface area contributed by atoms with Crippen LogP contribution in [0.1, 0.15) is 28.9 Å². The fourth-order valence-corrected chi connectivity index (χ4v) is 2.32. The van der Waals surface area contributed by atoms with E-state index in [2.05, 4.69) is 26.2 Å².